The SMILES string of the molecule is CC.CCC1CO1.CCCc1cc2nccc(Oc3ccc(N)c(F)c3)c2cc1C#N. The zero-order valence-corrected chi connectivity index (χ0v) is 18.6. The number of epoxide rings is 1. The zero-order chi connectivity index (χ0) is 22.8. The second kappa shape index (κ2) is 11.9. The summed E-state index contributed by atoms with van der Waals surface area (Å²) in [5.74, 6) is 0.322. The number of aromatic nitrogens is 1. The number of aryl methyl sites for hydroxylation is 1. The molecule has 6 heteroatoms. The van der Waals surface area contributed by atoms with E-state index in [0.29, 0.717) is 28.6 Å². The van der Waals surface area contributed by atoms with Gasteiger partial charge in [0.1, 0.15) is 17.3 Å². The molecule has 2 N–H and O–H groups in total. The molecule has 2 heterocycles. The molecule has 4 rings (SSSR count). The maximum Gasteiger partial charge on any atom is 0.149 e. The van der Waals surface area contributed by atoms with E-state index in [0.717, 1.165) is 30.5 Å². The van der Waals surface area contributed by atoms with Crippen molar-refractivity contribution in [2.45, 2.75) is 53.1 Å². The van der Waals surface area contributed by atoms with Crippen LogP contribution in [0.25, 0.3) is 10.9 Å². The Hall–Kier alpha value is -3.17. The van der Waals surface area contributed by atoms with E-state index < -0.39 is 5.82 Å². The Labute approximate surface area is 183 Å². The van der Waals surface area contributed by atoms with Gasteiger partial charge in [-0.1, -0.05) is 34.1 Å². The molecule has 3 aromatic rings. The molecule has 1 aliphatic rings. The Bertz CT molecular complexity index is 1040. The topological polar surface area (TPSA) is 84.5 Å². The molecular weight excluding hydrogens is 393 g/mol. The second-order valence-electron chi connectivity index (χ2n) is 6.85. The van der Waals surface area contributed by atoms with Gasteiger partial charge < -0.3 is 15.2 Å². The molecule has 1 fully saturated rings. The molecule has 1 aromatic heterocycles. The smallest absolute Gasteiger partial charge is 0.149 e. The number of pyridine rings is 1. The maximum atomic E-state index is 13.6. The summed E-state index contributed by atoms with van der Waals surface area (Å²) < 4.78 is 24.2. The minimum absolute atomic E-state index is 0.0675. The van der Waals surface area contributed by atoms with Crippen LogP contribution in [-0.2, 0) is 11.2 Å². The molecule has 0 bridgehead atoms. The predicted molar refractivity (Wildman–Crippen MR) is 123 cm³/mol. The highest BCUT2D eigenvalue weighted by molar-refractivity contribution is 5.87. The molecule has 1 aliphatic heterocycles. The van der Waals surface area contributed by atoms with Crippen molar-refractivity contribution in [2.24, 2.45) is 0 Å². The standard InChI is InChI=1S/C19H16FN3O.C4H8O.C2H6/c1-2-3-12-9-18-15(8-13(12)11-21)19(6-7-23-18)24-14-4-5-17(22)16(20)10-14;1-2-4-3-5-4;1-2/h4-10H,2-3,22H2,1H3;4H,2-3H2,1H3;1-2H3. The number of benzene rings is 2. The van der Waals surface area contributed by atoms with E-state index in [1.807, 2.05) is 19.9 Å². The molecule has 1 atom stereocenters. The highest BCUT2D eigenvalue weighted by Crippen LogP contribution is 2.32. The van der Waals surface area contributed by atoms with Crippen molar-refractivity contribution in [3.05, 3.63) is 59.5 Å². The fraction of sp³-hybridized carbons (Fsp3) is 0.360. The van der Waals surface area contributed by atoms with E-state index in [9.17, 15) is 9.65 Å². The summed E-state index contributed by atoms with van der Waals surface area (Å²) >= 11 is 0. The first kappa shape index (κ1) is 24.1. The van der Waals surface area contributed by atoms with Gasteiger partial charge >= 0.3 is 0 Å². The first-order valence-corrected chi connectivity index (χ1v) is 10.7. The number of nitrogens with two attached hydrogens (primary N) is 1. The maximum absolute atomic E-state index is 13.6. The van der Waals surface area contributed by atoms with Crippen molar-refractivity contribution in [3.8, 4) is 17.6 Å². The number of hydrogen-bond donors (Lipinski definition) is 1. The van der Waals surface area contributed by atoms with Gasteiger partial charge in [0.25, 0.3) is 0 Å². The molecule has 2 aromatic carbocycles. The van der Waals surface area contributed by atoms with Crippen molar-refractivity contribution in [2.75, 3.05) is 12.3 Å². The zero-order valence-electron chi connectivity index (χ0n) is 18.6. The van der Waals surface area contributed by atoms with Crippen molar-refractivity contribution < 1.29 is 13.9 Å². The largest absolute Gasteiger partial charge is 0.456 e. The van der Waals surface area contributed by atoms with E-state index in [-0.39, 0.29) is 5.69 Å². The van der Waals surface area contributed by atoms with Gasteiger partial charge in [0, 0.05) is 17.6 Å². The summed E-state index contributed by atoms with van der Waals surface area (Å²) in [7, 11) is 0. The second-order valence-corrected chi connectivity index (χ2v) is 6.85. The van der Waals surface area contributed by atoms with Crippen LogP contribution >= 0.6 is 0 Å². The minimum atomic E-state index is -0.534. The lowest BCUT2D eigenvalue weighted by Gasteiger charge is -2.11. The van der Waals surface area contributed by atoms with E-state index in [1.54, 1.807) is 24.4 Å². The molecule has 0 aliphatic carbocycles. The Morgan fingerprint density at radius 3 is 2.52 bits per heavy atom. The summed E-state index contributed by atoms with van der Waals surface area (Å²) in [5.41, 5.74) is 7.86. The first-order chi connectivity index (χ1) is 15.0. The number of nitrogens with zero attached hydrogens (tertiary/aromatic N) is 2. The Morgan fingerprint density at radius 2 is 1.97 bits per heavy atom. The van der Waals surface area contributed by atoms with Crippen LogP contribution in [-0.4, -0.2) is 17.7 Å². The van der Waals surface area contributed by atoms with Crippen LogP contribution in [0.15, 0.2) is 42.6 Å². The van der Waals surface area contributed by atoms with Crippen LogP contribution in [0.3, 0.4) is 0 Å². The molecule has 0 amide bonds. The van der Waals surface area contributed by atoms with E-state index in [4.69, 9.17) is 15.2 Å². The Balaban J connectivity index is 0.000000420. The lowest BCUT2D eigenvalue weighted by molar-refractivity contribution is 0.403. The summed E-state index contributed by atoms with van der Waals surface area (Å²) in [4.78, 5) is 4.35. The number of hydrogen-bond acceptors (Lipinski definition) is 5. The van der Waals surface area contributed by atoms with Gasteiger partial charge in [-0.2, -0.15) is 5.26 Å². The Kier molecular flexibility index (Phi) is 9.23. The number of ether oxygens (including phenoxy) is 2. The van der Waals surface area contributed by atoms with Crippen molar-refractivity contribution >= 4 is 16.6 Å². The van der Waals surface area contributed by atoms with Crippen LogP contribution in [0, 0.1) is 17.1 Å². The van der Waals surface area contributed by atoms with Crippen molar-refractivity contribution in [1.29, 1.82) is 5.26 Å². The number of halogens is 1. The molecule has 31 heavy (non-hydrogen) atoms. The normalized spacial score (nSPS) is 13.9. The van der Waals surface area contributed by atoms with Gasteiger partial charge in [-0.25, -0.2) is 4.39 Å². The third-order valence-corrected chi connectivity index (χ3v) is 4.62. The summed E-state index contributed by atoms with van der Waals surface area (Å²) in [6.45, 7) is 9.21. The first-order valence-electron chi connectivity index (χ1n) is 10.7. The molecule has 0 radical (unpaired) electrons. The monoisotopic (exact) mass is 423 g/mol. The van der Waals surface area contributed by atoms with E-state index >= 15 is 0 Å². The number of rotatable bonds is 5. The van der Waals surface area contributed by atoms with Crippen molar-refractivity contribution in [1.82, 2.24) is 4.98 Å². The van der Waals surface area contributed by atoms with Crippen LogP contribution in [0.5, 0.6) is 11.5 Å². The van der Waals surface area contributed by atoms with E-state index in [2.05, 4.69) is 24.9 Å². The van der Waals surface area contributed by atoms with Crippen LogP contribution in [0.4, 0.5) is 10.1 Å². The molecule has 1 saturated heterocycles. The van der Waals surface area contributed by atoms with Gasteiger partial charge in [0.05, 0.1) is 35.5 Å². The molecule has 0 spiro atoms. The average molecular weight is 424 g/mol. The minimum Gasteiger partial charge on any atom is -0.456 e. The fourth-order valence-electron chi connectivity index (χ4n) is 2.88. The lowest BCUT2D eigenvalue weighted by atomic mass is 10.0. The quantitative estimate of drug-likeness (QED) is 0.379. The molecule has 164 valence electrons. The third-order valence-electron chi connectivity index (χ3n) is 4.62. The molecule has 0 saturated carbocycles. The van der Waals surface area contributed by atoms with Gasteiger partial charge in [0.2, 0.25) is 0 Å². The highest BCUT2D eigenvalue weighted by atomic mass is 19.1. The number of fused-ring (bicyclic) bond motifs is 1. The molecular formula is C25H30FN3O2. The Morgan fingerprint density at radius 1 is 1.23 bits per heavy atom. The van der Waals surface area contributed by atoms with Gasteiger partial charge in [-0.05, 0) is 48.7 Å². The average Bonchev–Trinajstić information content (AvgIpc) is 3.63. The molecule has 1 unspecified atom stereocenters. The number of nitrogen functional groups attached to an aromatic ring is 1. The number of anilines is 1. The lowest BCUT2D eigenvalue weighted by Crippen LogP contribution is -1.95. The number of nitriles is 1. The van der Waals surface area contributed by atoms with E-state index in [1.165, 1.54) is 18.6 Å². The summed E-state index contributed by atoms with van der Waals surface area (Å²) in [6, 6.07) is 11.9. The summed E-state index contributed by atoms with van der Waals surface area (Å²) in [6.07, 6.45) is 5.22. The van der Waals surface area contributed by atoms with Gasteiger partial charge in [-0.15, -0.1) is 0 Å². The van der Waals surface area contributed by atoms with Crippen LogP contribution in [0.1, 0.15) is 51.7 Å². The van der Waals surface area contributed by atoms with Gasteiger partial charge in [0.15, 0.2) is 0 Å². The van der Waals surface area contributed by atoms with Gasteiger partial charge in [-0.3, -0.25) is 4.98 Å². The third kappa shape index (κ3) is 6.66. The highest BCUT2D eigenvalue weighted by Gasteiger charge is 2.18. The van der Waals surface area contributed by atoms with Crippen molar-refractivity contribution in [3.63, 3.8) is 0 Å². The van der Waals surface area contributed by atoms with Crippen LogP contribution in [0.2, 0.25) is 0 Å². The summed E-state index contributed by atoms with van der Waals surface area (Å²) in [5, 5.41) is 10.1. The van der Waals surface area contributed by atoms with Crippen LogP contribution < -0.4 is 10.5 Å². The molecule has 5 nitrogen and oxygen atoms in total. The fourth-order valence-corrected chi connectivity index (χ4v) is 2.88. The predicted octanol–water partition coefficient (Wildman–Crippen LogP) is 6.39.